The summed E-state index contributed by atoms with van der Waals surface area (Å²) in [5, 5.41) is 0.735. The van der Waals surface area contributed by atoms with E-state index in [0.717, 1.165) is 26.7 Å². The third-order valence-electron chi connectivity index (χ3n) is 4.46. The van der Waals surface area contributed by atoms with Crippen LogP contribution in [0.4, 0.5) is 0 Å². The summed E-state index contributed by atoms with van der Waals surface area (Å²) < 4.78 is 28.6. The topological polar surface area (TPSA) is 76.7 Å². The van der Waals surface area contributed by atoms with Crippen LogP contribution < -0.4 is 0 Å². The lowest BCUT2D eigenvalue weighted by Crippen LogP contribution is -2.13. The Balaban J connectivity index is 1.93. The molecule has 144 valence electrons. The number of rotatable bonds is 4. The first-order chi connectivity index (χ1) is 13.4. The van der Waals surface area contributed by atoms with Crippen molar-refractivity contribution in [3.63, 3.8) is 0 Å². The zero-order valence-electron chi connectivity index (χ0n) is 15.2. The quantitative estimate of drug-likeness (QED) is 0.563. The van der Waals surface area contributed by atoms with Gasteiger partial charge in [-0.15, -0.1) is 11.8 Å². The molecule has 9 heteroatoms. The van der Waals surface area contributed by atoms with Crippen molar-refractivity contribution in [3.05, 3.63) is 58.3 Å². The van der Waals surface area contributed by atoms with E-state index in [4.69, 9.17) is 0 Å². The molecule has 0 saturated carbocycles. The number of hydrogen-bond donors (Lipinski definition) is 0. The molecule has 3 heterocycles. The number of aromatic nitrogens is 2. The second kappa shape index (κ2) is 7.46. The summed E-state index contributed by atoms with van der Waals surface area (Å²) in [6.07, 6.45) is 7.54. The number of hydrogen-bond acceptors (Lipinski definition) is 6. The van der Waals surface area contributed by atoms with Gasteiger partial charge in [0, 0.05) is 40.5 Å². The van der Waals surface area contributed by atoms with Gasteiger partial charge in [-0.2, -0.15) is 0 Å². The molecule has 1 unspecified atom stereocenters. The number of halogens is 1. The van der Waals surface area contributed by atoms with Gasteiger partial charge in [-0.3, -0.25) is 9.98 Å². The van der Waals surface area contributed by atoms with Crippen LogP contribution in [0.5, 0.6) is 0 Å². The van der Waals surface area contributed by atoms with Crippen molar-refractivity contribution < 1.29 is 8.42 Å². The van der Waals surface area contributed by atoms with Gasteiger partial charge in [0.05, 0.1) is 10.6 Å². The summed E-state index contributed by atoms with van der Waals surface area (Å²) in [7, 11) is -3.79. The highest BCUT2D eigenvalue weighted by molar-refractivity contribution is 9.10. The lowest BCUT2D eigenvalue weighted by molar-refractivity contribution is 0.588. The molecular weight excluding hydrogens is 460 g/mol. The maximum atomic E-state index is 13.3. The average molecular weight is 477 g/mol. The van der Waals surface area contributed by atoms with Crippen LogP contribution in [0.2, 0.25) is 0 Å². The highest BCUT2D eigenvalue weighted by Crippen LogP contribution is 2.29. The van der Waals surface area contributed by atoms with Gasteiger partial charge in [0.15, 0.2) is 11.1 Å². The number of aryl methyl sites for hydroxylation is 1. The molecule has 28 heavy (non-hydrogen) atoms. The van der Waals surface area contributed by atoms with E-state index in [1.54, 1.807) is 36.7 Å². The fourth-order valence-corrected chi connectivity index (χ4v) is 5.13. The molecule has 0 saturated heterocycles. The summed E-state index contributed by atoms with van der Waals surface area (Å²) in [6, 6.07) is 8.68. The predicted molar refractivity (Wildman–Crippen MR) is 118 cm³/mol. The molecule has 0 fully saturated rings. The molecule has 1 atom stereocenters. The molecule has 0 spiro atoms. The van der Waals surface area contributed by atoms with Crippen molar-refractivity contribution >= 4 is 60.7 Å². The normalized spacial score (nSPS) is 17.1. The second-order valence-electron chi connectivity index (χ2n) is 6.35. The first kappa shape index (κ1) is 19.4. The van der Waals surface area contributed by atoms with E-state index in [9.17, 15) is 8.42 Å². The van der Waals surface area contributed by atoms with Crippen molar-refractivity contribution in [2.24, 2.45) is 9.98 Å². The molecule has 1 aromatic carbocycles. The van der Waals surface area contributed by atoms with Gasteiger partial charge in [0.25, 0.3) is 10.0 Å². The standard InChI is InChI=1S/C19H17BrN4O2S2/c1-12-3-5-14(6-4-12)28(25,26)24-11-16(15-9-13(20)10-22-18(15)24)17-7-8-21-19(23-17)27-2/h3-6,8-11,19H,7H2,1-2H3. The van der Waals surface area contributed by atoms with E-state index in [2.05, 4.69) is 30.9 Å². The Morgan fingerprint density at radius 2 is 2.00 bits per heavy atom. The molecule has 1 aliphatic rings. The lowest BCUT2D eigenvalue weighted by Gasteiger charge is -2.12. The van der Waals surface area contributed by atoms with Crippen molar-refractivity contribution in [2.45, 2.75) is 23.7 Å². The van der Waals surface area contributed by atoms with Crippen molar-refractivity contribution in [1.82, 2.24) is 8.96 Å². The van der Waals surface area contributed by atoms with Crippen molar-refractivity contribution in [2.75, 3.05) is 6.26 Å². The number of aliphatic imine (C=N–C) groups is 2. The van der Waals surface area contributed by atoms with E-state index in [1.807, 2.05) is 25.5 Å². The van der Waals surface area contributed by atoms with Gasteiger partial charge in [-0.05, 0) is 47.3 Å². The highest BCUT2D eigenvalue weighted by Gasteiger charge is 2.25. The molecule has 0 bridgehead atoms. The van der Waals surface area contributed by atoms with E-state index in [-0.39, 0.29) is 10.4 Å². The Kier molecular flexibility index (Phi) is 5.15. The first-order valence-corrected chi connectivity index (χ1v) is 12.0. The molecule has 0 aliphatic carbocycles. The van der Waals surface area contributed by atoms with Gasteiger partial charge in [0.2, 0.25) is 0 Å². The summed E-state index contributed by atoms with van der Waals surface area (Å²) in [5.74, 6) is 0. The average Bonchev–Trinajstić information content (AvgIpc) is 3.08. The Hall–Kier alpha value is -1.97. The summed E-state index contributed by atoms with van der Waals surface area (Å²) in [4.78, 5) is 13.6. The molecule has 0 amide bonds. The maximum Gasteiger partial charge on any atom is 0.269 e. The fraction of sp³-hybridized carbons (Fsp3) is 0.211. The molecule has 1 aliphatic heterocycles. The van der Waals surface area contributed by atoms with Gasteiger partial charge in [-0.1, -0.05) is 17.7 Å². The minimum absolute atomic E-state index is 0.212. The van der Waals surface area contributed by atoms with Gasteiger partial charge in [-0.25, -0.2) is 17.4 Å². The second-order valence-corrected chi connectivity index (χ2v) is 9.98. The largest absolute Gasteiger partial charge is 0.269 e. The number of pyridine rings is 1. The van der Waals surface area contributed by atoms with Crippen molar-refractivity contribution in [1.29, 1.82) is 0 Å². The SMILES string of the molecule is CSC1N=CCC(c2cn(S(=O)(=O)c3ccc(C)cc3)c3ncc(Br)cc23)=N1. The van der Waals surface area contributed by atoms with E-state index < -0.39 is 10.0 Å². The fourth-order valence-electron chi connectivity index (χ4n) is 3.03. The van der Waals surface area contributed by atoms with Crippen LogP contribution in [0.1, 0.15) is 17.5 Å². The molecule has 3 aromatic rings. The van der Waals surface area contributed by atoms with Gasteiger partial charge in [0.1, 0.15) is 0 Å². The number of fused-ring (bicyclic) bond motifs is 1. The molecule has 0 radical (unpaired) electrons. The zero-order chi connectivity index (χ0) is 19.9. The Labute approximate surface area is 176 Å². The van der Waals surface area contributed by atoms with Crippen LogP contribution >= 0.6 is 27.7 Å². The zero-order valence-corrected chi connectivity index (χ0v) is 18.4. The predicted octanol–water partition coefficient (Wildman–Crippen LogP) is 4.25. The molecule has 6 nitrogen and oxygen atoms in total. The Morgan fingerprint density at radius 1 is 1.25 bits per heavy atom. The smallest absolute Gasteiger partial charge is 0.260 e. The summed E-state index contributed by atoms with van der Waals surface area (Å²) in [5.41, 5.74) is 2.72. The number of nitrogens with zero attached hydrogens (tertiary/aromatic N) is 4. The number of thioether (sulfide) groups is 1. The third kappa shape index (κ3) is 3.42. The van der Waals surface area contributed by atoms with Crippen molar-refractivity contribution in [3.8, 4) is 0 Å². The minimum Gasteiger partial charge on any atom is -0.260 e. The minimum atomic E-state index is -3.79. The first-order valence-electron chi connectivity index (χ1n) is 8.50. The van der Waals surface area contributed by atoms with E-state index >= 15 is 0 Å². The van der Waals surface area contributed by atoms with Crippen LogP contribution in [-0.2, 0) is 10.0 Å². The van der Waals surface area contributed by atoms with Gasteiger partial charge >= 0.3 is 0 Å². The van der Waals surface area contributed by atoms with Crippen LogP contribution in [0.15, 0.2) is 62.1 Å². The Bertz CT molecular complexity index is 1210. The van der Waals surface area contributed by atoms with Gasteiger partial charge < -0.3 is 0 Å². The maximum absolute atomic E-state index is 13.3. The summed E-state index contributed by atoms with van der Waals surface area (Å²) in [6.45, 7) is 1.92. The Morgan fingerprint density at radius 3 is 2.71 bits per heavy atom. The summed E-state index contributed by atoms with van der Waals surface area (Å²) >= 11 is 4.97. The van der Waals surface area contributed by atoms with Crippen LogP contribution in [0.3, 0.4) is 0 Å². The van der Waals surface area contributed by atoms with Crippen LogP contribution in [0.25, 0.3) is 11.0 Å². The molecule has 2 aromatic heterocycles. The van der Waals surface area contributed by atoms with E-state index in [1.165, 1.54) is 15.7 Å². The molecule has 0 N–H and O–H groups in total. The highest BCUT2D eigenvalue weighted by atomic mass is 79.9. The van der Waals surface area contributed by atoms with E-state index in [0.29, 0.717) is 12.1 Å². The molecular formula is C19H17BrN4O2S2. The lowest BCUT2D eigenvalue weighted by atomic mass is 10.1. The third-order valence-corrected chi connectivity index (χ3v) is 7.21. The monoisotopic (exact) mass is 476 g/mol. The van der Waals surface area contributed by atoms with Crippen LogP contribution in [-0.4, -0.2) is 41.1 Å². The molecule has 4 rings (SSSR count). The van der Waals surface area contributed by atoms with Crippen LogP contribution in [0, 0.1) is 6.92 Å². The number of benzene rings is 1.